The molecule has 4 nitrogen and oxygen atoms in total. The van der Waals surface area contributed by atoms with Crippen LogP contribution < -0.4 is 5.56 Å². The zero-order valence-corrected chi connectivity index (χ0v) is 17.9. The van der Waals surface area contributed by atoms with E-state index in [4.69, 9.17) is 0 Å². The van der Waals surface area contributed by atoms with Crippen LogP contribution in [0.15, 0.2) is 41.2 Å². The zero-order chi connectivity index (χ0) is 22.5. The van der Waals surface area contributed by atoms with Gasteiger partial charge in [-0.1, -0.05) is 31.4 Å². The first kappa shape index (κ1) is 21.3. The summed E-state index contributed by atoms with van der Waals surface area (Å²) >= 11 is 0. The van der Waals surface area contributed by atoms with Crippen LogP contribution in [0, 0.1) is 11.8 Å². The van der Waals surface area contributed by atoms with Gasteiger partial charge in [0.05, 0.1) is 5.56 Å². The summed E-state index contributed by atoms with van der Waals surface area (Å²) in [5.74, 6) is 0.686. The highest BCUT2D eigenvalue weighted by Crippen LogP contribution is 2.38. The molecular formula is C25H27F3N2O2. The Balaban J connectivity index is 1.43. The molecule has 0 unspecified atom stereocenters. The van der Waals surface area contributed by atoms with E-state index in [-0.39, 0.29) is 40.3 Å². The number of benzene rings is 1. The first-order valence-corrected chi connectivity index (χ1v) is 11.5. The number of aromatic nitrogens is 1. The SMILES string of the molecule is O=C(C1CCCCC1)N1C[C@H]2C[C@H](C1)c1ccc(-c3cccc(C(F)(F)F)c3)c(=O)n1C2. The summed E-state index contributed by atoms with van der Waals surface area (Å²) in [6, 6.07) is 8.45. The molecule has 0 radical (unpaired) electrons. The monoisotopic (exact) mass is 444 g/mol. The first-order valence-electron chi connectivity index (χ1n) is 11.5. The molecule has 1 aromatic heterocycles. The van der Waals surface area contributed by atoms with Crippen LogP contribution in [0.2, 0.25) is 0 Å². The van der Waals surface area contributed by atoms with Gasteiger partial charge in [-0.05, 0) is 55.0 Å². The Hall–Kier alpha value is -2.57. The van der Waals surface area contributed by atoms with Crippen molar-refractivity contribution in [3.63, 3.8) is 0 Å². The third-order valence-electron chi connectivity index (χ3n) is 7.37. The average Bonchev–Trinajstić information content (AvgIpc) is 2.79. The number of fused-ring (bicyclic) bond motifs is 4. The number of carbonyl (C=O) groups excluding carboxylic acids is 1. The number of carbonyl (C=O) groups is 1. The van der Waals surface area contributed by atoms with Crippen LogP contribution in [0.4, 0.5) is 13.2 Å². The third-order valence-corrected chi connectivity index (χ3v) is 7.37. The van der Waals surface area contributed by atoms with E-state index in [0.717, 1.165) is 49.9 Å². The molecule has 32 heavy (non-hydrogen) atoms. The first-order chi connectivity index (χ1) is 15.3. The summed E-state index contributed by atoms with van der Waals surface area (Å²) in [7, 11) is 0. The lowest BCUT2D eigenvalue weighted by molar-refractivity contribution is -0.139. The zero-order valence-electron chi connectivity index (χ0n) is 17.9. The Morgan fingerprint density at radius 2 is 1.75 bits per heavy atom. The topological polar surface area (TPSA) is 42.3 Å². The summed E-state index contributed by atoms with van der Waals surface area (Å²) in [6.45, 7) is 1.78. The summed E-state index contributed by atoms with van der Waals surface area (Å²) in [6.07, 6.45) is 1.88. The van der Waals surface area contributed by atoms with Crippen LogP contribution in [-0.4, -0.2) is 28.5 Å². The maximum Gasteiger partial charge on any atom is 0.416 e. The molecule has 1 aliphatic carbocycles. The molecule has 1 saturated carbocycles. The van der Waals surface area contributed by atoms with Gasteiger partial charge < -0.3 is 9.47 Å². The molecule has 2 bridgehead atoms. The van der Waals surface area contributed by atoms with Crippen molar-refractivity contribution in [3.8, 4) is 11.1 Å². The van der Waals surface area contributed by atoms with Gasteiger partial charge in [-0.15, -0.1) is 0 Å². The number of nitrogens with zero attached hydrogens (tertiary/aromatic N) is 2. The standard InChI is InChI=1S/C25H27F3N2O2/c26-25(27,28)20-8-4-7-18(12-20)21-9-10-22-19-11-16(14-30(22)24(21)32)13-29(15-19)23(31)17-5-2-1-3-6-17/h4,7-10,12,16-17,19H,1-3,5-6,11,13-15H2/t16-,19-/m1/s1. The molecule has 1 aromatic carbocycles. The molecule has 0 spiro atoms. The summed E-state index contributed by atoms with van der Waals surface area (Å²) in [5, 5.41) is 0. The number of piperidine rings is 1. The Bertz CT molecular complexity index is 1090. The summed E-state index contributed by atoms with van der Waals surface area (Å²) in [5.41, 5.74) is 0.456. The van der Waals surface area contributed by atoms with E-state index in [1.165, 1.54) is 12.5 Å². The molecule has 2 fully saturated rings. The predicted molar refractivity (Wildman–Crippen MR) is 115 cm³/mol. The highest BCUT2D eigenvalue weighted by Gasteiger charge is 2.38. The largest absolute Gasteiger partial charge is 0.416 e. The maximum absolute atomic E-state index is 13.3. The molecule has 5 rings (SSSR count). The second kappa shape index (κ2) is 8.09. The summed E-state index contributed by atoms with van der Waals surface area (Å²) < 4.78 is 41.1. The van der Waals surface area contributed by atoms with Crippen LogP contribution in [0.5, 0.6) is 0 Å². The number of halogens is 3. The van der Waals surface area contributed by atoms with Gasteiger partial charge in [-0.3, -0.25) is 9.59 Å². The smallest absolute Gasteiger partial charge is 0.341 e. The Labute approximate surface area is 185 Å². The molecule has 2 aliphatic heterocycles. The minimum atomic E-state index is -4.45. The number of alkyl halides is 3. The van der Waals surface area contributed by atoms with Crippen molar-refractivity contribution in [1.82, 2.24) is 9.47 Å². The highest BCUT2D eigenvalue weighted by atomic mass is 19.4. The Morgan fingerprint density at radius 1 is 0.969 bits per heavy atom. The number of hydrogen-bond acceptors (Lipinski definition) is 2. The fourth-order valence-electron chi connectivity index (χ4n) is 5.82. The number of hydrogen-bond donors (Lipinski definition) is 0. The number of pyridine rings is 1. The molecule has 1 amide bonds. The van der Waals surface area contributed by atoms with Gasteiger partial charge in [0.25, 0.3) is 5.56 Å². The lowest BCUT2D eigenvalue weighted by Crippen LogP contribution is -2.50. The van der Waals surface area contributed by atoms with Crippen molar-refractivity contribution in [2.45, 2.75) is 57.2 Å². The summed E-state index contributed by atoms with van der Waals surface area (Å²) in [4.78, 5) is 28.4. The van der Waals surface area contributed by atoms with Crippen LogP contribution >= 0.6 is 0 Å². The minimum absolute atomic E-state index is 0.0956. The minimum Gasteiger partial charge on any atom is -0.341 e. The molecule has 3 aliphatic rings. The second-order valence-electron chi connectivity index (χ2n) is 9.54. The molecule has 2 aromatic rings. The van der Waals surface area contributed by atoms with E-state index < -0.39 is 11.7 Å². The van der Waals surface area contributed by atoms with E-state index in [1.54, 1.807) is 16.7 Å². The van der Waals surface area contributed by atoms with Gasteiger partial charge in [0.15, 0.2) is 0 Å². The average molecular weight is 444 g/mol. The van der Waals surface area contributed by atoms with Gasteiger partial charge >= 0.3 is 6.18 Å². The molecule has 170 valence electrons. The Kier molecular flexibility index (Phi) is 5.38. The number of amides is 1. The fourth-order valence-corrected chi connectivity index (χ4v) is 5.82. The molecule has 2 atom stereocenters. The highest BCUT2D eigenvalue weighted by molar-refractivity contribution is 5.79. The molecular weight excluding hydrogens is 417 g/mol. The normalized spacial score (nSPS) is 23.7. The molecule has 3 heterocycles. The van der Waals surface area contributed by atoms with Gasteiger partial charge in [0, 0.05) is 42.7 Å². The van der Waals surface area contributed by atoms with Crippen molar-refractivity contribution >= 4 is 5.91 Å². The Morgan fingerprint density at radius 3 is 2.50 bits per heavy atom. The van der Waals surface area contributed by atoms with Gasteiger partial charge in [-0.2, -0.15) is 13.2 Å². The molecule has 7 heteroatoms. The maximum atomic E-state index is 13.3. The fraction of sp³-hybridized carbons (Fsp3) is 0.520. The van der Waals surface area contributed by atoms with E-state index in [9.17, 15) is 22.8 Å². The van der Waals surface area contributed by atoms with Crippen molar-refractivity contribution in [3.05, 3.63) is 58.0 Å². The van der Waals surface area contributed by atoms with Crippen LogP contribution in [0.3, 0.4) is 0 Å². The van der Waals surface area contributed by atoms with E-state index in [2.05, 4.69) is 0 Å². The van der Waals surface area contributed by atoms with E-state index >= 15 is 0 Å². The van der Waals surface area contributed by atoms with Crippen molar-refractivity contribution in [2.75, 3.05) is 13.1 Å². The van der Waals surface area contributed by atoms with Gasteiger partial charge in [0.1, 0.15) is 0 Å². The van der Waals surface area contributed by atoms with Crippen molar-refractivity contribution in [2.24, 2.45) is 11.8 Å². The van der Waals surface area contributed by atoms with Crippen molar-refractivity contribution in [1.29, 1.82) is 0 Å². The van der Waals surface area contributed by atoms with Crippen LogP contribution in [0.1, 0.15) is 55.7 Å². The van der Waals surface area contributed by atoms with E-state index in [1.807, 2.05) is 11.0 Å². The molecule has 0 N–H and O–H groups in total. The van der Waals surface area contributed by atoms with Gasteiger partial charge in [-0.25, -0.2) is 0 Å². The molecule has 1 saturated heterocycles. The quantitative estimate of drug-likeness (QED) is 0.650. The lowest BCUT2D eigenvalue weighted by atomic mass is 9.81. The van der Waals surface area contributed by atoms with Crippen molar-refractivity contribution < 1.29 is 18.0 Å². The van der Waals surface area contributed by atoms with E-state index in [0.29, 0.717) is 19.6 Å². The van der Waals surface area contributed by atoms with Crippen LogP contribution in [-0.2, 0) is 17.5 Å². The number of likely N-dealkylation sites (tertiary alicyclic amines) is 1. The van der Waals surface area contributed by atoms with Crippen LogP contribution in [0.25, 0.3) is 11.1 Å². The lowest BCUT2D eigenvalue weighted by Gasteiger charge is -2.44. The van der Waals surface area contributed by atoms with Gasteiger partial charge in [0.2, 0.25) is 5.91 Å². The third kappa shape index (κ3) is 3.86. The predicted octanol–water partition coefficient (Wildman–Crippen LogP) is 5.06. The second-order valence-corrected chi connectivity index (χ2v) is 9.54. The number of rotatable bonds is 2.